The number of rotatable bonds is 1. The van der Waals surface area contributed by atoms with Crippen molar-refractivity contribution in [2.75, 3.05) is 0 Å². The van der Waals surface area contributed by atoms with E-state index in [2.05, 4.69) is 9.97 Å². The molecule has 0 spiro atoms. The molecule has 0 amide bonds. The van der Waals surface area contributed by atoms with E-state index in [4.69, 9.17) is 11.6 Å². The van der Waals surface area contributed by atoms with E-state index >= 15 is 0 Å². The van der Waals surface area contributed by atoms with E-state index in [-0.39, 0.29) is 0 Å². The third kappa shape index (κ3) is 1.37. The molecule has 16 heavy (non-hydrogen) atoms. The second kappa shape index (κ2) is 3.61. The highest BCUT2D eigenvalue weighted by molar-refractivity contribution is 6.30. The fraction of sp³-hybridized carbons (Fsp3) is 0. The molecule has 0 atom stereocenters. The number of hydrogen-bond donors (Lipinski definition) is 0. The first-order valence-corrected chi connectivity index (χ1v) is 5.26. The minimum Gasteiger partial charge on any atom is -0.283 e. The average Bonchev–Trinajstić information content (AvgIpc) is 2.75. The molecule has 0 aliphatic rings. The molecule has 0 fully saturated rings. The predicted molar refractivity (Wildman–Crippen MR) is 63.4 cm³/mol. The number of fused-ring (bicyclic) bond motifs is 1. The van der Waals surface area contributed by atoms with Gasteiger partial charge in [-0.2, -0.15) is 0 Å². The number of pyridine rings is 2. The summed E-state index contributed by atoms with van der Waals surface area (Å²) >= 11 is 6.16. The monoisotopic (exact) mass is 229 g/mol. The summed E-state index contributed by atoms with van der Waals surface area (Å²) in [5.74, 6) is 0.814. The Morgan fingerprint density at radius 3 is 2.81 bits per heavy atom. The van der Waals surface area contributed by atoms with Gasteiger partial charge in [0, 0.05) is 18.0 Å². The number of nitrogens with zero attached hydrogens (tertiary/aromatic N) is 3. The van der Waals surface area contributed by atoms with Crippen LogP contribution in [0.5, 0.6) is 0 Å². The van der Waals surface area contributed by atoms with Crippen molar-refractivity contribution in [2.24, 2.45) is 0 Å². The Bertz CT molecular complexity index is 631. The summed E-state index contributed by atoms with van der Waals surface area (Å²) in [7, 11) is 0. The second-order valence-corrected chi connectivity index (χ2v) is 3.82. The summed E-state index contributed by atoms with van der Waals surface area (Å²) < 4.78 is 1.90. The van der Waals surface area contributed by atoms with E-state index in [9.17, 15) is 0 Å². The average molecular weight is 230 g/mol. The molecule has 0 radical (unpaired) electrons. The van der Waals surface area contributed by atoms with Crippen molar-refractivity contribution >= 4 is 17.1 Å². The quantitative estimate of drug-likeness (QED) is 0.601. The molecule has 0 saturated carbocycles. The molecule has 0 bridgehead atoms. The summed E-state index contributed by atoms with van der Waals surface area (Å²) in [6.45, 7) is 0. The summed E-state index contributed by atoms with van der Waals surface area (Å²) in [5.41, 5.74) is 1.93. The summed E-state index contributed by atoms with van der Waals surface area (Å²) in [5, 5.41) is 0.647. The van der Waals surface area contributed by atoms with Crippen molar-refractivity contribution in [1.29, 1.82) is 0 Å². The van der Waals surface area contributed by atoms with Gasteiger partial charge in [-0.05, 0) is 24.3 Å². The molecular weight excluding hydrogens is 222 g/mol. The van der Waals surface area contributed by atoms with Crippen molar-refractivity contribution in [1.82, 2.24) is 14.4 Å². The van der Waals surface area contributed by atoms with Gasteiger partial charge >= 0.3 is 0 Å². The van der Waals surface area contributed by atoms with Crippen LogP contribution in [-0.2, 0) is 0 Å². The van der Waals surface area contributed by atoms with Crippen LogP contribution in [0.2, 0.25) is 5.15 Å². The van der Waals surface area contributed by atoms with E-state index in [1.54, 1.807) is 18.6 Å². The van der Waals surface area contributed by atoms with Crippen LogP contribution in [0.15, 0.2) is 48.9 Å². The van der Waals surface area contributed by atoms with Gasteiger partial charge in [0.15, 0.2) is 0 Å². The minimum absolute atomic E-state index is 0.647. The van der Waals surface area contributed by atoms with Gasteiger partial charge in [-0.15, -0.1) is 0 Å². The lowest BCUT2D eigenvalue weighted by molar-refractivity contribution is 1.15. The molecule has 3 heterocycles. The van der Waals surface area contributed by atoms with Crippen LogP contribution < -0.4 is 0 Å². The third-order valence-electron chi connectivity index (χ3n) is 2.42. The highest BCUT2D eigenvalue weighted by atomic mass is 35.5. The zero-order valence-electron chi connectivity index (χ0n) is 8.34. The topological polar surface area (TPSA) is 30.2 Å². The molecule has 3 nitrogen and oxygen atoms in total. The number of hydrogen-bond acceptors (Lipinski definition) is 2. The van der Waals surface area contributed by atoms with Crippen LogP contribution >= 0.6 is 11.6 Å². The molecular formula is C12H8ClN3. The van der Waals surface area contributed by atoms with Gasteiger partial charge < -0.3 is 0 Å². The van der Waals surface area contributed by atoms with Crippen LogP contribution in [0.3, 0.4) is 0 Å². The van der Waals surface area contributed by atoms with Crippen LogP contribution in [0.25, 0.3) is 16.9 Å². The van der Waals surface area contributed by atoms with E-state index in [1.807, 2.05) is 34.7 Å². The van der Waals surface area contributed by atoms with Crippen molar-refractivity contribution in [2.45, 2.75) is 0 Å². The number of aromatic nitrogens is 3. The largest absolute Gasteiger partial charge is 0.283 e. The molecule has 78 valence electrons. The van der Waals surface area contributed by atoms with Gasteiger partial charge in [-0.25, -0.2) is 4.98 Å². The maximum Gasteiger partial charge on any atom is 0.147 e. The molecule has 0 saturated heterocycles. The van der Waals surface area contributed by atoms with Crippen LogP contribution in [0.1, 0.15) is 0 Å². The maximum atomic E-state index is 6.16. The molecule has 0 N–H and O–H groups in total. The Balaban J connectivity index is 2.33. The lowest BCUT2D eigenvalue weighted by Gasteiger charge is -2.02. The fourth-order valence-electron chi connectivity index (χ4n) is 1.71. The Morgan fingerprint density at radius 1 is 1.06 bits per heavy atom. The van der Waals surface area contributed by atoms with Crippen LogP contribution in [0.4, 0.5) is 0 Å². The smallest absolute Gasteiger partial charge is 0.147 e. The minimum atomic E-state index is 0.647. The van der Waals surface area contributed by atoms with Gasteiger partial charge in [-0.1, -0.05) is 17.7 Å². The fourth-order valence-corrected chi connectivity index (χ4v) is 1.96. The number of halogens is 1. The van der Waals surface area contributed by atoms with Gasteiger partial charge in [-0.3, -0.25) is 9.38 Å². The molecule has 3 aromatic heterocycles. The van der Waals surface area contributed by atoms with E-state index in [0.717, 1.165) is 16.9 Å². The van der Waals surface area contributed by atoms with Crippen LogP contribution in [0, 0.1) is 0 Å². The number of imidazole rings is 1. The first-order chi connectivity index (χ1) is 7.86. The van der Waals surface area contributed by atoms with Crippen molar-refractivity contribution < 1.29 is 0 Å². The lowest BCUT2D eigenvalue weighted by atomic mass is 10.3. The molecule has 0 aromatic carbocycles. The zero-order chi connectivity index (χ0) is 11.0. The third-order valence-corrected chi connectivity index (χ3v) is 2.72. The maximum absolute atomic E-state index is 6.16. The summed E-state index contributed by atoms with van der Waals surface area (Å²) in [4.78, 5) is 8.45. The Hall–Kier alpha value is -1.87. The second-order valence-electron chi connectivity index (χ2n) is 3.43. The first-order valence-electron chi connectivity index (χ1n) is 4.88. The molecule has 3 rings (SSSR count). The summed E-state index contributed by atoms with van der Waals surface area (Å²) in [6.07, 6.45) is 5.31. The van der Waals surface area contributed by atoms with Gasteiger partial charge in [0.1, 0.15) is 11.0 Å². The summed E-state index contributed by atoms with van der Waals surface area (Å²) in [6, 6.07) is 9.57. The van der Waals surface area contributed by atoms with Crippen molar-refractivity contribution in [3.63, 3.8) is 0 Å². The Morgan fingerprint density at radius 2 is 2.00 bits per heavy atom. The molecule has 0 aliphatic heterocycles. The zero-order valence-corrected chi connectivity index (χ0v) is 9.09. The standard InChI is InChI=1S/C12H8ClN3/c13-11-5-1-4-10-8-15-12(16(10)11)9-3-2-6-14-7-9/h1-8H. The molecule has 3 aromatic rings. The van der Waals surface area contributed by atoms with E-state index < -0.39 is 0 Å². The van der Waals surface area contributed by atoms with E-state index in [0.29, 0.717) is 5.15 Å². The Labute approximate surface area is 97.3 Å². The predicted octanol–water partition coefficient (Wildman–Crippen LogP) is 3.05. The van der Waals surface area contributed by atoms with Crippen LogP contribution in [-0.4, -0.2) is 14.4 Å². The van der Waals surface area contributed by atoms with E-state index in [1.165, 1.54) is 0 Å². The van der Waals surface area contributed by atoms with Gasteiger partial charge in [0.2, 0.25) is 0 Å². The first kappa shape index (κ1) is 9.36. The Kier molecular flexibility index (Phi) is 2.11. The lowest BCUT2D eigenvalue weighted by Crippen LogP contribution is -1.91. The normalized spacial score (nSPS) is 10.8. The van der Waals surface area contributed by atoms with Crippen molar-refractivity contribution in [3.8, 4) is 11.4 Å². The highest BCUT2D eigenvalue weighted by Gasteiger charge is 2.07. The molecule has 0 unspecified atom stereocenters. The van der Waals surface area contributed by atoms with Gasteiger partial charge in [0.25, 0.3) is 0 Å². The highest BCUT2D eigenvalue weighted by Crippen LogP contribution is 2.22. The van der Waals surface area contributed by atoms with Crippen molar-refractivity contribution in [3.05, 3.63) is 54.1 Å². The SMILES string of the molecule is Clc1cccc2cnc(-c3cccnc3)n12. The van der Waals surface area contributed by atoms with Gasteiger partial charge in [0.05, 0.1) is 11.7 Å². The molecule has 0 aliphatic carbocycles. The molecule has 4 heteroatoms.